The van der Waals surface area contributed by atoms with Gasteiger partial charge in [-0.2, -0.15) is 13.2 Å². The average Bonchev–Trinajstić information content (AvgIpc) is 2.70. The first kappa shape index (κ1) is 16.3. The van der Waals surface area contributed by atoms with Crippen LogP contribution in [-0.4, -0.2) is 17.6 Å². The predicted molar refractivity (Wildman–Crippen MR) is 77.1 cm³/mol. The van der Waals surface area contributed by atoms with E-state index in [2.05, 4.69) is 17.2 Å². The van der Waals surface area contributed by atoms with Crippen molar-refractivity contribution in [2.45, 2.75) is 63.6 Å². The van der Waals surface area contributed by atoms with Crippen LogP contribution in [0.25, 0.3) is 0 Å². The molecule has 0 amide bonds. The number of nitrogens with one attached hydrogen (secondary N) is 1. The number of pyridine rings is 1. The molecule has 1 N–H and O–H groups in total. The first-order valence-electron chi connectivity index (χ1n) is 7.77. The Morgan fingerprint density at radius 3 is 2.76 bits per heavy atom. The molecule has 0 aliphatic heterocycles. The van der Waals surface area contributed by atoms with Crippen molar-refractivity contribution < 1.29 is 13.2 Å². The van der Waals surface area contributed by atoms with Crippen molar-refractivity contribution in [3.8, 4) is 0 Å². The van der Waals surface area contributed by atoms with Gasteiger partial charge >= 0.3 is 6.18 Å². The van der Waals surface area contributed by atoms with E-state index in [1.54, 1.807) is 0 Å². The number of hydrogen-bond donors (Lipinski definition) is 1. The Labute approximate surface area is 124 Å². The minimum Gasteiger partial charge on any atom is -0.314 e. The molecule has 0 saturated heterocycles. The second-order valence-corrected chi connectivity index (χ2v) is 5.83. The molecule has 1 fully saturated rings. The highest BCUT2D eigenvalue weighted by Crippen LogP contribution is 2.39. The first-order valence-corrected chi connectivity index (χ1v) is 7.77. The monoisotopic (exact) mass is 300 g/mol. The van der Waals surface area contributed by atoms with Crippen LogP contribution in [0, 0.1) is 0 Å². The fourth-order valence-corrected chi connectivity index (χ4v) is 3.17. The third kappa shape index (κ3) is 4.43. The second-order valence-electron chi connectivity index (χ2n) is 5.83. The lowest BCUT2D eigenvalue weighted by Gasteiger charge is -2.23. The van der Waals surface area contributed by atoms with Crippen molar-refractivity contribution in [1.29, 1.82) is 0 Å². The van der Waals surface area contributed by atoms with Crippen LogP contribution in [0.4, 0.5) is 13.2 Å². The van der Waals surface area contributed by atoms with Crippen molar-refractivity contribution >= 4 is 0 Å². The first-order chi connectivity index (χ1) is 10.0. The smallest absolute Gasteiger partial charge is 0.314 e. The summed E-state index contributed by atoms with van der Waals surface area (Å²) in [5.41, 5.74) is -0.145. The predicted octanol–water partition coefficient (Wildman–Crippen LogP) is 4.52. The summed E-state index contributed by atoms with van der Waals surface area (Å²) >= 11 is 0. The normalized spacial score (nSPS) is 23.8. The third-order valence-electron chi connectivity index (χ3n) is 4.20. The molecule has 1 aliphatic rings. The zero-order chi connectivity index (χ0) is 15.3. The van der Waals surface area contributed by atoms with Gasteiger partial charge in [0.15, 0.2) is 0 Å². The number of nitrogens with zero attached hydrogens (tertiary/aromatic N) is 1. The minimum absolute atomic E-state index is 0.0489. The van der Waals surface area contributed by atoms with Gasteiger partial charge in [0.2, 0.25) is 0 Å². The van der Waals surface area contributed by atoms with Crippen LogP contribution in [0.1, 0.15) is 62.5 Å². The van der Waals surface area contributed by atoms with E-state index in [9.17, 15) is 13.2 Å². The molecule has 118 valence electrons. The SMILES string of the molecule is CCCNC1CCCCC(c2cnccc2C(F)(F)F)C1. The zero-order valence-electron chi connectivity index (χ0n) is 12.4. The summed E-state index contributed by atoms with van der Waals surface area (Å²) in [6.07, 6.45) is 4.11. The highest BCUT2D eigenvalue weighted by Gasteiger charge is 2.36. The molecule has 1 aromatic rings. The molecule has 2 nitrogen and oxygen atoms in total. The molecular weight excluding hydrogens is 277 g/mol. The number of rotatable bonds is 4. The van der Waals surface area contributed by atoms with Gasteiger partial charge in [0.1, 0.15) is 0 Å². The standard InChI is InChI=1S/C16H23F3N2/c1-2-8-21-13-6-4-3-5-12(10-13)14-11-20-9-7-15(14)16(17,18)19/h7,9,11-13,21H,2-6,8,10H2,1H3. The summed E-state index contributed by atoms with van der Waals surface area (Å²) < 4.78 is 39.5. The number of hydrogen-bond acceptors (Lipinski definition) is 2. The lowest BCUT2D eigenvalue weighted by Crippen LogP contribution is -2.30. The van der Waals surface area contributed by atoms with E-state index in [-0.39, 0.29) is 5.92 Å². The molecule has 0 spiro atoms. The maximum atomic E-state index is 13.2. The summed E-state index contributed by atoms with van der Waals surface area (Å²) in [4.78, 5) is 3.93. The molecule has 5 heteroatoms. The van der Waals surface area contributed by atoms with Crippen molar-refractivity contribution in [3.63, 3.8) is 0 Å². The Morgan fingerprint density at radius 1 is 1.29 bits per heavy atom. The fourth-order valence-electron chi connectivity index (χ4n) is 3.17. The Morgan fingerprint density at radius 2 is 2.05 bits per heavy atom. The van der Waals surface area contributed by atoms with Gasteiger partial charge in [0.25, 0.3) is 0 Å². The van der Waals surface area contributed by atoms with Crippen LogP contribution >= 0.6 is 0 Å². The van der Waals surface area contributed by atoms with Gasteiger partial charge in [-0.25, -0.2) is 0 Å². The van der Waals surface area contributed by atoms with Crippen LogP contribution in [0.2, 0.25) is 0 Å². The van der Waals surface area contributed by atoms with Gasteiger partial charge in [0.05, 0.1) is 5.56 Å². The largest absolute Gasteiger partial charge is 0.416 e. The quantitative estimate of drug-likeness (QED) is 0.827. The van der Waals surface area contributed by atoms with Gasteiger partial charge in [-0.15, -0.1) is 0 Å². The van der Waals surface area contributed by atoms with Crippen LogP contribution < -0.4 is 5.32 Å². The summed E-state index contributed by atoms with van der Waals surface area (Å²) in [6, 6.07) is 1.42. The molecule has 2 atom stereocenters. The van der Waals surface area contributed by atoms with E-state index < -0.39 is 11.7 Å². The van der Waals surface area contributed by atoms with Crippen molar-refractivity contribution in [1.82, 2.24) is 10.3 Å². The zero-order valence-corrected chi connectivity index (χ0v) is 12.4. The number of aromatic nitrogens is 1. The van der Waals surface area contributed by atoms with E-state index in [0.717, 1.165) is 51.1 Å². The molecular formula is C16H23F3N2. The maximum Gasteiger partial charge on any atom is 0.416 e. The van der Waals surface area contributed by atoms with Crippen LogP contribution in [0.15, 0.2) is 18.5 Å². The summed E-state index contributed by atoms with van der Waals surface area (Å²) in [6.45, 7) is 3.03. The van der Waals surface area contributed by atoms with E-state index in [1.165, 1.54) is 12.4 Å². The van der Waals surface area contributed by atoms with Crippen LogP contribution in [0.3, 0.4) is 0 Å². The van der Waals surface area contributed by atoms with Gasteiger partial charge < -0.3 is 5.32 Å². The van der Waals surface area contributed by atoms with Crippen LogP contribution in [0.5, 0.6) is 0 Å². The third-order valence-corrected chi connectivity index (χ3v) is 4.20. The van der Waals surface area contributed by atoms with Crippen molar-refractivity contribution in [2.24, 2.45) is 0 Å². The summed E-state index contributed by atoms with van der Waals surface area (Å²) in [5.74, 6) is -0.0489. The molecule has 1 aliphatic carbocycles. The average molecular weight is 300 g/mol. The van der Waals surface area contributed by atoms with Crippen molar-refractivity contribution in [2.75, 3.05) is 6.54 Å². The Balaban J connectivity index is 2.19. The molecule has 2 unspecified atom stereocenters. The molecule has 1 heterocycles. The second kappa shape index (κ2) is 7.25. The molecule has 0 bridgehead atoms. The minimum atomic E-state index is -4.29. The topological polar surface area (TPSA) is 24.9 Å². The molecule has 1 saturated carbocycles. The fraction of sp³-hybridized carbons (Fsp3) is 0.688. The number of alkyl halides is 3. The van der Waals surface area contributed by atoms with Crippen molar-refractivity contribution in [3.05, 3.63) is 29.6 Å². The van der Waals surface area contributed by atoms with E-state index in [4.69, 9.17) is 0 Å². The van der Waals surface area contributed by atoms with Gasteiger partial charge in [-0.05, 0) is 49.8 Å². The maximum absolute atomic E-state index is 13.2. The van der Waals surface area contributed by atoms with Gasteiger partial charge in [-0.1, -0.05) is 19.8 Å². The van der Waals surface area contributed by atoms with Gasteiger partial charge in [-0.3, -0.25) is 4.98 Å². The Kier molecular flexibility index (Phi) is 5.62. The molecule has 0 aromatic carbocycles. The van der Waals surface area contributed by atoms with Crippen LogP contribution in [-0.2, 0) is 6.18 Å². The van der Waals surface area contributed by atoms with E-state index >= 15 is 0 Å². The molecule has 0 radical (unpaired) electrons. The van der Waals surface area contributed by atoms with E-state index in [1.807, 2.05) is 0 Å². The summed E-state index contributed by atoms with van der Waals surface area (Å²) in [7, 11) is 0. The Hall–Kier alpha value is -1.10. The highest BCUT2D eigenvalue weighted by atomic mass is 19.4. The summed E-state index contributed by atoms with van der Waals surface area (Å²) in [5, 5.41) is 3.47. The molecule has 2 rings (SSSR count). The van der Waals surface area contributed by atoms with E-state index in [0.29, 0.717) is 11.6 Å². The lowest BCUT2D eigenvalue weighted by atomic mass is 9.88. The lowest BCUT2D eigenvalue weighted by molar-refractivity contribution is -0.138. The number of halogens is 3. The highest BCUT2D eigenvalue weighted by molar-refractivity contribution is 5.30. The Bertz CT molecular complexity index is 445. The molecule has 21 heavy (non-hydrogen) atoms. The van der Waals surface area contributed by atoms with Gasteiger partial charge in [0, 0.05) is 18.4 Å². The molecule has 1 aromatic heterocycles.